The lowest BCUT2D eigenvalue weighted by Crippen LogP contribution is -2.13. The molecule has 1 heterocycles. The minimum Gasteiger partial charge on any atom is -0.493 e. The molecule has 0 aliphatic carbocycles. The van der Waals surface area contributed by atoms with Gasteiger partial charge in [-0.2, -0.15) is 0 Å². The number of aryl methyl sites for hydroxylation is 1. The molecule has 0 saturated heterocycles. The topological polar surface area (TPSA) is 81.4 Å². The molecule has 0 atom stereocenters. The Kier molecular flexibility index (Phi) is 4.46. The van der Waals surface area contributed by atoms with Crippen LogP contribution in [-0.2, 0) is 23.0 Å². The average molecular weight is 367 g/mol. The van der Waals surface area contributed by atoms with E-state index in [0.717, 1.165) is 40.1 Å². The molecule has 0 spiro atoms. The molecule has 2 aromatic rings. The second-order valence-electron chi connectivity index (χ2n) is 5.96. The standard InChI is InChI=1S/C17H19ClN2O3S/c1-10-5-15(24(19,21)22)8-16(11(10)2)20-9-13-7-14(18)6-12-3-4-23-17(12)13/h5-8,20H,3-4,9H2,1-2H3,(H2,19,21,22). The molecule has 0 saturated carbocycles. The normalized spacial score (nSPS) is 13.5. The van der Waals surface area contributed by atoms with E-state index in [1.807, 2.05) is 26.0 Å². The Labute approximate surface area is 146 Å². The number of nitrogens with two attached hydrogens (primary N) is 1. The van der Waals surface area contributed by atoms with Crippen LogP contribution in [0.25, 0.3) is 0 Å². The molecule has 3 N–H and O–H groups in total. The Hall–Kier alpha value is -1.76. The number of hydrogen-bond donors (Lipinski definition) is 2. The summed E-state index contributed by atoms with van der Waals surface area (Å²) in [6.07, 6.45) is 0.849. The van der Waals surface area contributed by atoms with Gasteiger partial charge in [0.1, 0.15) is 5.75 Å². The van der Waals surface area contributed by atoms with Crippen molar-refractivity contribution in [3.8, 4) is 5.75 Å². The van der Waals surface area contributed by atoms with E-state index in [4.69, 9.17) is 21.5 Å². The SMILES string of the molecule is Cc1cc(S(N)(=O)=O)cc(NCc2cc(Cl)cc3c2OCC3)c1C. The van der Waals surface area contributed by atoms with Gasteiger partial charge in [0.25, 0.3) is 0 Å². The third-order valence-corrected chi connectivity index (χ3v) is 5.38. The zero-order chi connectivity index (χ0) is 17.5. The number of primary sulfonamides is 1. The van der Waals surface area contributed by atoms with Crippen molar-refractivity contribution in [2.45, 2.75) is 31.7 Å². The van der Waals surface area contributed by atoms with Crippen LogP contribution in [0.5, 0.6) is 5.75 Å². The van der Waals surface area contributed by atoms with Crippen molar-refractivity contribution >= 4 is 27.3 Å². The van der Waals surface area contributed by atoms with Gasteiger partial charge in [-0.1, -0.05) is 11.6 Å². The first kappa shape index (κ1) is 17.1. The first-order valence-corrected chi connectivity index (χ1v) is 9.50. The van der Waals surface area contributed by atoms with Gasteiger partial charge in [-0.05, 0) is 54.8 Å². The number of nitrogens with one attached hydrogen (secondary N) is 1. The van der Waals surface area contributed by atoms with Crippen LogP contribution in [-0.4, -0.2) is 15.0 Å². The highest BCUT2D eigenvalue weighted by Crippen LogP contribution is 2.33. The summed E-state index contributed by atoms with van der Waals surface area (Å²) < 4.78 is 29.0. The molecule has 0 aromatic heterocycles. The quantitative estimate of drug-likeness (QED) is 0.870. The van der Waals surface area contributed by atoms with Crippen LogP contribution >= 0.6 is 11.6 Å². The first-order chi connectivity index (χ1) is 11.3. The van der Waals surface area contributed by atoms with Gasteiger partial charge in [0, 0.05) is 29.2 Å². The Balaban J connectivity index is 1.92. The molecule has 3 rings (SSSR count). The molecule has 128 valence electrons. The van der Waals surface area contributed by atoms with E-state index in [9.17, 15) is 8.42 Å². The van der Waals surface area contributed by atoms with Crippen molar-refractivity contribution in [3.05, 3.63) is 51.5 Å². The first-order valence-electron chi connectivity index (χ1n) is 7.58. The summed E-state index contributed by atoms with van der Waals surface area (Å²) in [5, 5.41) is 9.20. The van der Waals surface area contributed by atoms with E-state index in [-0.39, 0.29) is 4.90 Å². The molecule has 0 bridgehead atoms. The second-order valence-corrected chi connectivity index (χ2v) is 7.96. The maximum Gasteiger partial charge on any atom is 0.238 e. The van der Waals surface area contributed by atoms with Crippen LogP contribution in [0.1, 0.15) is 22.3 Å². The molecule has 7 heteroatoms. The predicted molar refractivity (Wildman–Crippen MR) is 95.3 cm³/mol. The Bertz CT molecular complexity index is 911. The summed E-state index contributed by atoms with van der Waals surface area (Å²) >= 11 is 6.17. The van der Waals surface area contributed by atoms with Crippen molar-refractivity contribution < 1.29 is 13.2 Å². The van der Waals surface area contributed by atoms with Gasteiger partial charge in [0.05, 0.1) is 11.5 Å². The molecule has 1 aliphatic heterocycles. The molecule has 0 amide bonds. The van der Waals surface area contributed by atoms with Crippen LogP contribution in [0.3, 0.4) is 0 Å². The Morgan fingerprint density at radius 1 is 1.25 bits per heavy atom. The van der Waals surface area contributed by atoms with Crippen molar-refractivity contribution in [1.82, 2.24) is 0 Å². The number of halogens is 1. The van der Waals surface area contributed by atoms with E-state index in [2.05, 4.69) is 5.32 Å². The van der Waals surface area contributed by atoms with Gasteiger partial charge in [-0.25, -0.2) is 13.6 Å². The summed E-state index contributed by atoms with van der Waals surface area (Å²) in [4.78, 5) is 0.0978. The van der Waals surface area contributed by atoms with Crippen LogP contribution in [0.2, 0.25) is 5.02 Å². The molecule has 0 radical (unpaired) electrons. The predicted octanol–water partition coefficient (Wildman–Crippen LogP) is 3.15. The Morgan fingerprint density at radius 3 is 2.71 bits per heavy atom. The van der Waals surface area contributed by atoms with Crippen molar-refractivity contribution in [2.24, 2.45) is 5.14 Å². The molecule has 1 aliphatic rings. The summed E-state index contributed by atoms with van der Waals surface area (Å²) in [6.45, 7) is 4.93. The minimum atomic E-state index is -3.75. The van der Waals surface area contributed by atoms with Crippen molar-refractivity contribution in [2.75, 3.05) is 11.9 Å². The highest BCUT2D eigenvalue weighted by molar-refractivity contribution is 7.89. The van der Waals surface area contributed by atoms with Gasteiger partial charge in [0.2, 0.25) is 10.0 Å². The van der Waals surface area contributed by atoms with Crippen molar-refractivity contribution in [1.29, 1.82) is 0 Å². The van der Waals surface area contributed by atoms with Crippen LogP contribution in [0, 0.1) is 13.8 Å². The fourth-order valence-electron chi connectivity index (χ4n) is 2.84. The lowest BCUT2D eigenvalue weighted by Gasteiger charge is -2.15. The maximum atomic E-state index is 11.6. The third kappa shape index (κ3) is 3.36. The smallest absolute Gasteiger partial charge is 0.238 e. The summed E-state index contributed by atoms with van der Waals surface area (Å²) in [6, 6.07) is 6.92. The minimum absolute atomic E-state index is 0.0978. The summed E-state index contributed by atoms with van der Waals surface area (Å²) in [7, 11) is -3.75. The van der Waals surface area contributed by atoms with Crippen LogP contribution in [0.15, 0.2) is 29.2 Å². The highest BCUT2D eigenvalue weighted by atomic mass is 35.5. The van der Waals surface area contributed by atoms with Gasteiger partial charge in [0.15, 0.2) is 0 Å². The fraction of sp³-hybridized carbons (Fsp3) is 0.294. The third-order valence-electron chi connectivity index (χ3n) is 4.26. The zero-order valence-electron chi connectivity index (χ0n) is 13.5. The Morgan fingerprint density at radius 2 is 2.00 bits per heavy atom. The molecule has 2 aromatic carbocycles. The largest absolute Gasteiger partial charge is 0.493 e. The van der Waals surface area contributed by atoms with Gasteiger partial charge in [-0.15, -0.1) is 0 Å². The monoisotopic (exact) mass is 366 g/mol. The number of rotatable bonds is 4. The number of hydrogen-bond acceptors (Lipinski definition) is 4. The summed E-state index contributed by atoms with van der Waals surface area (Å²) in [5.74, 6) is 0.865. The molecule has 0 fully saturated rings. The molecule has 0 unspecified atom stereocenters. The zero-order valence-corrected chi connectivity index (χ0v) is 15.1. The van der Waals surface area contributed by atoms with Gasteiger partial charge >= 0.3 is 0 Å². The van der Waals surface area contributed by atoms with Gasteiger partial charge < -0.3 is 10.1 Å². The fourth-order valence-corrected chi connectivity index (χ4v) is 3.73. The number of ether oxygens (including phenoxy) is 1. The van der Waals surface area contributed by atoms with E-state index in [1.54, 1.807) is 12.1 Å². The number of fused-ring (bicyclic) bond motifs is 1. The molecule has 5 nitrogen and oxygen atoms in total. The molecule has 24 heavy (non-hydrogen) atoms. The van der Waals surface area contributed by atoms with Crippen LogP contribution < -0.4 is 15.2 Å². The van der Waals surface area contributed by atoms with E-state index >= 15 is 0 Å². The highest BCUT2D eigenvalue weighted by Gasteiger charge is 2.18. The number of sulfonamides is 1. The van der Waals surface area contributed by atoms with E-state index in [1.165, 1.54) is 0 Å². The van der Waals surface area contributed by atoms with E-state index in [0.29, 0.717) is 18.2 Å². The van der Waals surface area contributed by atoms with E-state index < -0.39 is 10.0 Å². The van der Waals surface area contributed by atoms with Crippen molar-refractivity contribution in [3.63, 3.8) is 0 Å². The maximum absolute atomic E-state index is 11.6. The lowest BCUT2D eigenvalue weighted by molar-refractivity contribution is 0.354. The number of anilines is 1. The van der Waals surface area contributed by atoms with Gasteiger partial charge in [-0.3, -0.25) is 0 Å². The van der Waals surface area contributed by atoms with Crippen LogP contribution in [0.4, 0.5) is 5.69 Å². The second kappa shape index (κ2) is 6.27. The lowest BCUT2D eigenvalue weighted by atomic mass is 10.1. The average Bonchev–Trinajstić information content (AvgIpc) is 2.95. The number of benzene rings is 2. The molecular formula is C17H19ClN2O3S. The summed E-state index contributed by atoms with van der Waals surface area (Å²) in [5.41, 5.74) is 4.61. The molecular weight excluding hydrogens is 348 g/mol.